The Bertz CT molecular complexity index is 2470. The number of benzene rings is 1. The van der Waals surface area contributed by atoms with Gasteiger partial charge in [-0.3, -0.25) is 47.9 Å². The lowest BCUT2D eigenvalue weighted by atomic mass is 9.96. The summed E-state index contributed by atoms with van der Waals surface area (Å²) in [6.07, 6.45) is -4.91. The van der Waals surface area contributed by atoms with Gasteiger partial charge in [-0.05, 0) is 112 Å². The van der Waals surface area contributed by atoms with E-state index in [9.17, 15) is 56.6 Å². The molecular formula is C61H99F3N10O11. The highest BCUT2D eigenvalue weighted by molar-refractivity contribution is 5.99. The van der Waals surface area contributed by atoms with E-state index in [2.05, 4.69) is 21.3 Å². The van der Waals surface area contributed by atoms with Gasteiger partial charge in [0.05, 0.1) is 18.1 Å². The first kappa shape index (κ1) is 72.9. The van der Waals surface area contributed by atoms with Crippen LogP contribution >= 0.6 is 0 Å². The van der Waals surface area contributed by atoms with Crippen LogP contribution in [0.2, 0.25) is 0 Å². The number of likely N-dealkylation sites (tertiary alicyclic amines) is 1. The SMILES string of the molecule is CC(C)C[C@@H]1NC(=O)C[C@@H](C(=O)N2CCCCC2)NC(=O)[C@H](CC(C)C)N(C)C(=O)[C@H](CC(C)C)N(C)C(=O)[C@H](Cc2ccc(C(F)(F)F)cc2)NC(=O)[C@H](CC(C)C)N(C)C(=O)[C@H]([C@@H](C)O)NC(=O)[C@H](CC(C)C)N(C)C(=O)[C@H](C)N(C)C1=O. The first-order valence-corrected chi connectivity index (χ1v) is 30.1. The molecule has 3 rings (SSSR count). The van der Waals surface area contributed by atoms with Gasteiger partial charge in [-0.2, -0.15) is 13.2 Å². The molecule has 21 nitrogen and oxygen atoms in total. The standard InChI is InChI=1S/C61H99F3N10O11/c1-34(2)27-43-56(81)69(13)39(11)55(80)70(14)48(30-37(7)8)54(79)68-51(40(12)75)60(85)72(16)47(29-36(5)6)53(78)66-44(32-41-21-23-42(24-22-41)61(62,63)64)57(82)73(17)49(31-38(9)10)59(84)71(15)46(28-35(3)4)52(77)67-45(33-50(76)65-43)58(83)74-25-19-18-20-26-74/h21-24,34-40,43-49,51,75H,18-20,25-33H2,1-17H3,(H,65,76)(H,66,78)(H,67,77)(H,68,79)/t39-,40+,43-,44-,45-,46-,47-,48-,49-,51-/m0/s1. The van der Waals surface area contributed by atoms with Crippen molar-refractivity contribution in [3.05, 3.63) is 35.4 Å². The predicted octanol–water partition coefficient (Wildman–Crippen LogP) is 4.37. The largest absolute Gasteiger partial charge is 0.416 e. The Labute approximate surface area is 501 Å². The van der Waals surface area contributed by atoms with E-state index >= 15 is 9.59 Å². The van der Waals surface area contributed by atoms with Crippen molar-refractivity contribution < 1.29 is 66.2 Å². The quantitative estimate of drug-likeness (QED) is 0.175. The van der Waals surface area contributed by atoms with Crippen molar-refractivity contribution >= 4 is 59.1 Å². The van der Waals surface area contributed by atoms with Gasteiger partial charge in [-0.1, -0.05) is 81.4 Å². The Morgan fingerprint density at radius 1 is 0.518 bits per heavy atom. The number of amides is 10. The third-order valence-electron chi connectivity index (χ3n) is 15.9. The highest BCUT2D eigenvalue weighted by atomic mass is 19.4. The van der Waals surface area contributed by atoms with Crippen molar-refractivity contribution in [3.8, 4) is 0 Å². The fourth-order valence-corrected chi connectivity index (χ4v) is 10.9. The fourth-order valence-electron chi connectivity index (χ4n) is 10.9. The molecule has 480 valence electrons. The maximum absolute atomic E-state index is 15.2. The minimum Gasteiger partial charge on any atom is -0.391 e. The Morgan fingerprint density at radius 3 is 1.39 bits per heavy atom. The zero-order chi connectivity index (χ0) is 64.7. The van der Waals surface area contributed by atoms with Crippen LogP contribution in [0.5, 0.6) is 0 Å². The second-order valence-corrected chi connectivity index (χ2v) is 25.6. The van der Waals surface area contributed by atoms with Crippen molar-refractivity contribution in [1.29, 1.82) is 0 Å². The van der Waals surface area contributed by atoms with Crippen LogP contribution in [0, 0.1) is 29.6 Å². The van der Waals surface area contributed by atoms with E-state index in [-0.39, 0.29) is 67.3 Å². The zero-order valence-electron chi connectivity index (χ0n) is 53.3. The summed E-state index contributed by atoms with van der Waals surface area (Å²) >= 11 is 0. The van der Waals surface area contributed by atoms with Gasteiger partial charge in [0.1, 0.15) is 54.4 Å². The van der Waals surface area contributed by atoms with Crippen LogP contribution in [0.15, 0.2) is 24.3 Å². The number of rotatable bonds is 14. The summed E-state index contributed by atoms with van der Waals surface area (Å²) in [4.78, 5) is 155. The molecular weight excluding hydrogens is 1110 g/mol. The van der Waals surface area contributed by atoms with E-state index in [0.717, 1.165) is 50.3 Å². The molecule has 0 unspecified atom stereocenters. The molecule has 5 N–H and O–H groups in total. The molecule has 0 saturated carbocycles. The normalized spacial score (nSPS) is 25.9. The number of alkyl halides is 3. The number of nitrogens with one attached hydrogen (secondary N) is 4. The van der Waals surface area contributed by atoms with E-state index in [4.69, 9.17) is 0 Å². The molecule has 0 bridgehead atoms. The molecule has 0 aliphatic carbocycles. The monoisotopic (exact) mass is 1200 g/mol. The van der Waals surface area contributed by atoms with Gasteiger partial charge in [0, 0.05) is 54.7 Å². The summed E-state index contributed by atoms with van der Waals surface area (Å²) in [7, 11) is 6.74. The van der Waals surface area contributed by atoms with Crippen molar-refractivity contribution in [2.24, 2.45) is 29.6 Å². The average Bonchev–Trinajstić information content (AvgIpc) is 3.44. The second-order valence-electron chi connectivity index (χ2n) is 25.6. The topological polar surface area (TPSA) is 258 Å². The first-order valence-electron chi connectivity index (χ1n) is 30.1. The van der Waals surface area contributed by atoms with Crippen LogP contribution in [0.4, 0.5) is 13.2 Å². The number of carbonyl (C=O) groups excluding carboxylic acids is 10. The lowest BCUT2D eigenvalue weighted by Crippen LogP contribution is -2.63. The van der Waals surface area contributed by atoms with Gasteiger partial charge < -0.3 is 55.8 Å². The van der Waals surface area contributed by atoms with Crippen LogP contribution in [-0.2, 0) is 60.5 Å². The Hall–Kier alpha value is -6.33. The van der Waals surface area contributed by atoms with Gasteiger partial charge in [0.2, 0.25) is 59.1 Å². The summed E-state index contributed by atoms with van der Waals surface area (Å²) in [5.41, 5.74) is -0.778. The molecule has 2 heterocycles. The van der Waals surface area contributed by atoms with Crippen LogP contribution in [0.1, 0.15) is 152 Å². The molecule has 0 radical (unpaired) electrons. The highest BCUT2D eigenvalue weighted by Crippen LogP contribution is 2.30. The second kappa shape index (κ2) is 32.4. The molecule has 1 aromatic carbocycles. The van der Waals surface area contributed by atoms with Crippen LogP contribution < -0.4 is 21.3 Å². The van der Waals surface area contributed by atoms with Gasteiger partial charge in [-0.25, -0.2) is 0 Å². The molecule has 0 spiro atoms. The van der Waals surface area contributed by atoms with Gasteiger partial charge in [0.15, 0.2) is 0 Å². The first-order chi connectivity index (χ1) is 39.4. The van der Waals surface area contributed by atoms with Gasteiger partial charge >= 0.3 is 6.18 Å². The summed E-state index contributed by atoms with van der Waals surface area (Å²) in [5, 5.41) is 22.2. The smallest absolute Gasteiger partial charge is 0.391 e. The number of carbonyl (C=O) groups is 10. The molecule has 85 heavy (non-hydrogen) atoms. The number of aliphatic hydroxyl groups excluding tert-OH is 1. The van der Waals surface area contributed by atoms with Crippen LogP contribution in [-0.4, -0.2) is 202 Å². The maximum atomic E-state index is 15.2. The van der Waals surface area contributed by atoms with Gasteiger partial charge in [-0.15, -0.1) is 0 Å². The van der Waals surface area contributed by atoms with E-state index in [0.29, 0.717) is 25.9 Å². The molecule has 24 heteroatoms. The minimum absolute atomic E-state index is 0.0183. The lowest BCUT2D eigenvalue weighted by Gasteiger charge is -2.38. The number of hydrogen-bond donors (Lipinski definition) is 5. The summed E-state index contributed by atoms with van der Waals surface area (Å²) < 4.78 is 41.4. The van der Waals surface area contributed by atoms with Crippen molar-refractivity contribution in [2.75, 3.05) is 48.3 Å². The van der Waals surface area contributed by atoms with Crippen molar-refractivity contribution in [1.82, 2.24) is 50.7 Å². The van der Waals surface area contributed by atoms with E-state index in [1.807, 2.05) is 27.7 Å². The predicted molar refractivity (Wildman–Crippen MR) is 315 cm³/mol. The van der Waals surface area contributed by atoms with E-state index in [1.54, 1.807) is 46.4 Å². The number of halogens is 3. The fraction of sp³-hybridized carbons (Fsp3) is 0.738. The van der Waals surface area contributed by atoms with Crippen molar-refractivity contribution in [3.63, 3.8) is 0 Å². The molecule has 1 aromatic rings. The molecule has 2 fully saturated rings. The molecule has 0 aromatic heterocycles. The average molecular weight is 1210 g/mol. The van der Waals surface area contributed by atoms with Crippen LogP contribution in [0.3, 0.4) is 0 Å². The molecule has 10 amide bonds. The molecule has 2 aliphatic rings. The molecule has 2 aliphatic heterocycles. The van der Waals surface area contributed by atoms with Gasteiger partial charge in [0.25, 0.3) is 0 Å². The number of piperidine rings is 1. The highest BCUT2D eigenvalue weighted by Gasteiger charge is 2.43. The van der Waals surface area contributed by atoms with E-state index < -0.39 is 144 Å². The summed E-state index contributed by atoms with van der Waals surface area (Å²) in [6, 6.07) is -8.59. The number of aliphatic hydroxyl groups is 1. The third-order valence-corrected chi connectivity index (χ3v) is 15.9. The summed E-state index contributed by atoms with van der Waals surface area (Å²) in [5.74, 6) is -8.92. The summed E-state index contributed by atoms with van der Waals surface area (Å²) in [6.45, 7) is 21.5. The number of hydrogen-bond acceptors (Lipinski definition) is 11. The number of nitrogens with zero attached hydrogens (tertiary/aromatic N) is 6. The Balaban J connectivity index is 2.39. The third kappa shape index (κ3) is 21.0. The number of likely N-dealkylation sites (N-methyl/N-ethyl adjacent to an activating group) is 5. The minimum atomic E-state index is -4.70. The van der Waals surface area contributed by atoms with Crippen LogP contribution in [0.25, 0.3) is 0 Å². The lowest BCUT2D eigenvalue weighted by molar-refractivity contribution is -0.151. The zero-order valence-corrected chi connectivity index (χ0v) is 53.3. The van der Waals surface area contributed by atoms with Crippen molar-refractivity contribution in [2.45, 2.75) is 214 Å². The maximum Gasteiger partial charge on any atom is 0.416 e. The molecule has 2 saturated heterocycles. The Kier molecular flexibility index (Phi) is 27.8. The Morgan fingerprint density at radius 2 is 0.929 bits per heavy atom. The molecule has 10 atom stereocenters. The van der Waals surface area contributed by atoms with E-state index in [1.165, 1.54) is 54.0 Å².